The summed E-state index contributed by atoms with van der Waals surface area (Å²) in [5, 5.41) is 3.03. The standard InChI is InChI=1S/C14H13BrF3NS/c1-2-10-4-5-11(20-10)8-19-9-3-6-13(15)12(7-9)14(16,17)18/h3-7,19H,2,8H2,1H3. The van der Waals surface area contributed by atoms with Gasteiger partial charge in [0.1, 0.15) is 0 Å². The Labute approximate surface area is 128 Å². The molecule has 0 bridgehead atoms. The van der Waals surface area contributed by atoms with Gasteiger partial charge in [-0.25, -0.2) is 0 Å². The first-order valence-electron chi connectivity index (χ1n) is 6.08. The van der Waals surface area contributed by atoms with Crippen molar-refractivity contribution in [1.29, 1.82) is 0 Å². The molecule has 0 fully saturated rings. The molecule has 2 rings (SSSR count). The normalized spacial score (nSPS) is 11.7. The zero-order valence-electron chi connectivity index (χ0n) is 10.7. The second-order valence-electron chi connectivity index (χ2n) is 4.27. The molecule has 1 N–H and O–H groups in total. The molecule has 1 aromatic carbocycles. The van der Waals surface area contributed by atoms with Gasteiger partial charge in [-0.2, -0.15) is 13.2 Å². The van der Waals surface area contributed by atoms with E-state index in [1.54, 1.807) is 17.4 Å². The lowest BCUT2D eigenvalue weighted by Gasteiger charge is -2.12. The minimum atomic E-state index is -4.35. The van der Waals surface area contributed by atoms with Crippen molar-refractivity contribution in [3.8, 4) is 0 Å². The zero-order valence-corrected chi connectivity index (χ0v) is 13.1. The lowest BCUT2D eigenvalue weighted by molar-refractivity contribution is -0.138. The zero-order chi connectivity index (χ0) is 14.8. The number of aryl methyl sites for hydroxylation is 1. The molecular weight excluding hydrogens is 351 g/mol. The van der Waals surface area contributed by atoms with Crippen molar-refractivity contribution in [2.75, 3.05) is 5.32 Å². The molecule has 0 aliphatic rings. The van der Waals surface area contributed by atoms with Crippen molar-refractivity contribution in [1.82, 2.24) is 0 Å². The summed E-state index contributed by atoms with van der Waals surface area (Å²) in [5.41, 5.74) is -0.199. The Morgan fingerprint density at radius 2 is 1.85 bits per heavy atom. The number of thiophene rings is 1. The molecule has 0 atom stereocenters. The molecule has 0 amide bonds. The van der Waals surface area contributed by atoms with Crippen molar-refractivity contribution in [2.24, 2.45) is 0 Å². The molecule has 1 nitrogen and oxygen atoms in total. The summed E-state index contributed by atoms with van der Waals surface area (Å²) in [6.45, 7) is 2.61. The molecule has 1 heterocycles. The highest BCUT2D eigenvalue weighted by molar-refractivity contribution is 9.10. The average molecular weight is 364 g/mol. The van der Waals surface area contributed by atoms with Gasteiger partial charge in [-0.3, -0.25) is 0 Å². The lowest BCUT2D eigenvalue weighted by atomic mass is 10.2. The Balaban J connectivity index is 2.10. The summed E-state index contributed by atoms with van der Waals surface area (Å²) in [6, 6.07) is 8.22. The Bertz CT molecular complexity index is 592. The number of nitrogens with one attached hydrogen (secondary N) is 1. The van der Waals surface area contributed by atoms with Gasteiger partial charge in [0, 0.05) is 26.5 Å². The maximum atomic E-state index is 12.8. The number of hydrogen-bond donors (Lipinski definition) is 1. The smallest absolute Gasteiger partial charge is 0.380 e. The third kappa shape index (κ3) is 3.76. The molecule has 0 aliphatic carbocycles. The van der Waals surface area contributed by atoms with Gasteiger partial charge in [0.05, 0.1) is 5.56 Å². The summed E-state index contributed by atoms with van der Waals surface area (Å²) in [4.78, 5) is 2.38. The summed E-state index contributed by atoms with van der Waals surface area (Å²) in [6.07, 6.45) is -3.38. The lowest BCUT2D eigenvalue weighted by Crippen LogP contribution is -2.07. The van der Waals surface area contributed by atoms with E-state index in [9.17, 15) is 13.2 Å². The van der Waals surface area contributed by atoms with Gasteiger partial charge < -0.3 is 5.32 Å². The van der Waals surface area contributed by atoms with Crippen LogP contribution in [0.5, 0.6) is 0 Å². The van der Waals surface area contributed by atoms with Gasteiger partial charge in [-0.1, -0.05) is 22.9 Å². The van der Waals surface area contributed by atoms with Crippen molar-refractivity contribution in [3.63, 3.8) is 0 Å². The van der Waals surface area contributed by atoms with Crippen molar-refractivity contribution >= 4 is 33.0 Å². The highest BCUT2D eigenvalue weighted by atomic mass is 79.9. The third-order valence-electron chi connectivity index (χ3n) is 2.80. The number of alkyl halides is 3. The van der Waals surface area contributed by atoms with Crippen molar-refractivity contribution in [3.05, 3.63) is 50.1 Å². The molecule has 2 aromatic rings. The monoisotopic (exact) mass is 363 g/mol. The summed E-state index contributed by atoms with van der Waals surface area (Å²) in [5.74, 6) is 0. The van der Waals surface area contributed by atoms with Crippen LogP contribution in [0, 0.1) is 0 Å². The van der Waals surface area contributed by atoms with Crippen LogP contribution >= 0.6 is 27.3 Å². The molecule has 0 saturated carbocycles. The predicted octanol–water partition coefficient (Wildman–Crippen LogP) is 5.70. The Kier molecular flexibility index (Phi) is 4.75. The Morgan fingerprint density at radius 3 is 2.45 bits per heavy atom. The van der Waals surface area contributed by atoms with Crippen LogP contribution in [0.2, 0.25) is 0 Å². The van der Waals surface area contributed by atoms with E-state index in [-0.39, 0.29) is 4.47 Å². The van der Waals surface area contributed by atoms with Gasteiger partial charge in [0.2, 0.25) is 0 Å². The van der Waals surface area contributed by atoms with E-state index in [1.165, 1.54) is 10.9 Å². The van der Waals surface area contributed by atoms with Crippen molar-refractivity contribution in [2.45, 2.75) is 26.1 Å². The third-order valence-corrected chi connectivity index (χ3v) is 4.73. The minimum absolute atomic E-state index is 0.0555. The van der Waals surface area contributed by atoms with Gasteiger partial charge in [-0.05, 0) is 36.8 Å². The van der Waals surface area contributed by atoms with Crippen LogP contribution in [-0.2, 0) is 19.1 Å². The first kappa shape index (κ1) is 15.4. The molecule has 0 spiro atoms. The van der Waals surface area contributed by atoms with E-state index in [2.05, 4.69) is 28.2 Å². The molecule has 0 unspecified atom stereocenters. The number of halogens is 4. The van der Waals surface area contributed by atoms with Crippen LogP contribution in [-0.4, -0.2) is 0 Å². The predicted molar refractivity (Wildman–Crippen MR) is 80.2 cm³/mol. The highest BCUT2D eigenvalue weighted by Gasteiger charge is 2.33. The van der Waals surface area contributed by atoms with Crippen LogP contribution < -0.4 is 5.32 Å². The molecule has 0 saturated heterocycles. The first-order chi connectivity index (χ1) is 9.40. The maximum Gasteiger partial charge on any atom is 0.417 e. The van der Waals surface area contributed by atoms with Crippen LogP contribution in [0.3, 0.4) is 0 Å². The molecule has 0 radical (unpaired) electrons. The summed E-state index contributed by atoms with van der Waals surface area (Å²) in [7, 11) is 0. The molecule has 0 aliphatic heterocycles. The van der Waals surface area contributed by atoms with Crippen LogP contribution in [0.1, 0.15) is 22.2 Å². The number of benzene rings is 1. The first-order valence-corrected chi connectivity index (χ1v) is 7.69. The van der Waals surface area contributed by atoms with E-state index in [0.29, 0.717) is 12.2 Å². The fraction of sp³-hybridized carbons (Fsp3) is 0.286. The SMILES string of the molecule is CCc1ccc(CNc2ccc(Br)c(C(F)(F)F)c2)s1. The van der Waals surface area contributed by atoms with E-state index >= 15 is 0 Å². The van der Waals surface area contributed by atoms with E-state index in [1.807, 2.05) is 12.1 Å². The fourth-order valence-corrected chi connectivity index (χ4v) is 3.12. The molecule has 6 heteroatoms. The maximum absolute atomic E-state index is 12.8. The number of anilines is 1. The highest BCUT2D eigenvalue weighted by Crippen LogP contribution is 2.36. The molecule has 1 aromatic heterocycles. The van der Waals surface area contributed by atoms with Gasteiger partial charge >= 0.3 is 6.18 Å². The topological polar surface area (TPSA) is 12.0 Å². The number of rotatable bonds is 4. The molecular formula is C14H13BrF3NS. The van der Waals surface area contributed by atoms with Crippen LogP contribution in [0.25, 0.3) is 0 Å². The second kappa shape index (κ2) is 6.18. The Hall–Kier alpha value is -1.01. The molecule has 108 valence electrons. The quantitative estimate of drug-likeness (QED) is 0.733. The van der Waals surface area contributed by atoms with E-state index in [0.717, 1.165) is 17.4 Å². The van der Waals surface area contributed by atoms with Gasteiger partial charge in [0.15, 0.2) is 0 Å². The van der Waals surface area contributed by atoms with Crippen LogP contribution in [0.15, 0.2) is 34.8 Å². The summed E-state index contributed by atoms with van der Waals surface area (Å²) >= 11 is 4.60. The van der Waals surface area contributed by atoms with Gasteiger partial charge in [0.25, 0.3) is 0 Å². The fourth-order valence-electron chi connectivity index (χ4n) is 1.75. The van der Waals surface area contributed by atoms with Gasteiger partial charge in [-0.15, -0.1) is 11.3 Å². The summed E-state index contributed by atoms with van der Waals surface area (Å²) < 4.78 is 38.4. The number of hydrogen-bond acceptors (Lipinski definition) is 2. The van der Waals surface area contributed by atoms with E-state index in [4.69, 9.17) is 0 Å². The molecule has 20 heavy (non-hydrogen) atoms. The largest absolute Gasteiger partial charge is 0.417 e. The minimum Gasteiger partial charge on any atom is -0.380 e. The average Bonchev–Trinajstić information content (AvgIpc) is 2.84. The van der Waals surface area contributed by atoms with Crippen LogP contribution in [0.4, 0.5) is 18.9 Å². The van der Waals surface area contributed by atoms with E-state index < -0.39 is 11.7 Å². The van der Waals surface area contributed by atoms with Crippen molar-refractivity contribution < 1.29 is 13.2 Å². The second-order valence-corrected chi connectivity index (χ2v) is 6.37. The Morgan fingerprint density at radius 1 is 1.15 bits per heavy atom.